The fraction of sp³-hybridized carbons (Fsp3) is 0.389. The first-order valence-corrected chi connectivity index (χ1v) is 10.1. The van der Waals surface area contributed by atoms with E-state index in [-0.39, 0.29) is 24.2 Å². The Hall–Kier alpha value is -2.40. The molecular weight excluding hydrogens is 388 g/mol. The van der Waals surface area contributed by atoms with E-state index >= 15 is 0 Å². The van der Waals surface area contributed by atoms with E-state index in [9.17, 15) is 13.2 Å². The first-order chi connectivity index (χ1) is 13.5. The van der Waals surface area contributed by atoms with Gasteiger partial charge in [-0.15, -0.1) is 0 Å². The SMILES string of the molecule is COCC(=O)Nc1ccc(OCc2ccc(S(=O)(=O)N3CCOCC3)o2)cc1. The molecule has 0 atom stereocenters. The van der Waals surface area contributed by atoms with Gasteiger partial charge >= 0.3 is 0 Å². The number of nitrogens with one attached hydrogen (secondary N) is 1. The van der Waals surface area contributed by atoms with Gasteiger partial charge in [-0.2, -0.15) is 4.31 Å². The predicted octanol–water partition coefficient (Wildman–Crippen LogP) is 1.46. The van der Waals surface area contributed by atoms with Crippen LogP contribution in [0.5, 0.6) is 5.75 Å². The molecule has 1 aromatic carbocycles. The van der Waals surface area contributed by atoms with Gasteiger partial charge < -0.3 is 23.9 Å². The van der Waals surface area contributed by atoms with E-state index in [4.69, 9.17) is 18.6 Å². The van der Waals surface area contributed by atoms with Crippen molar-refractivity contribution >= 4 is 21.6 Å². The molecule has 0 unspecified atom stereocenters. The molecule has 2 heterocycles. The molecule has 1 aromatic heterocycles. The van der Waals surface area contributed by atoms with Gasteiger partial charge in [-0.1, -0.05) is 0 Å². The van der Waals surface area contributed by atoms with Crippen LogP contribution < -0.4 is 10.1 Å². The number of morpholine rings is 1. The monoisotopic (exact) mass is 410 g/mol. The smallest absolute Gasteiger partial charge is 0.276 e. The highest BCUT2D eigenvalue weighted by Gasteiger charge is 2.29. The van der Waals surface area contributed by atoms with Crippen molar-refractivity contribution in [3.05, 3.63) is 42.2 Å². The minimum Gasteiger partial charge on any atom is -0.486 e. The van der Waals surface area contributed by atoms with Crippen LogP contribution in [-0.4, -0.2) is 58.7 Å². The number of hydrogen-bond acceptors (Lipinski definition) is 7. The lowest BCUT2D eigenvalue weighted by Crippen LogP contribution is -2.40. The van der Waals surface area contributed by atoms with E-state index in [1.165, 1.54) is 17.5 Å². The number of amides is 1. The van der Waals surface area contributed by atoms with Gasteiger partial charge in [0, 0.05) is 25.9 Å². The lowest BCUT2D eigenvalue weighted by Gasteiger charge is -2.24. The van der Waals surface area contributed by atoms with E-state index in [0.29, 0.717) is 43.5 Å². The zero-order valence-corrected chi connectivity index (χ0v) is 16.2. The minimum atomic E-state index is -3.67. The number of carbonyl (C=O) groups is 1. The number of carbonyl (C=O) groups excluding carboxylic acids is 1. The highest BCUT2D eigenvalue weighted by atomic mass is 32.2. The Balaban J connectivity index is 1.56. The van der Waals surface area contributed by atoms with Crippen LogP contribution in [0.2, 0.25) is 0 Å². The number of sulfonamides is 1. The third kappa shape index (κ3) is 5.10. The number of furan rings is 1. The van der Waals surface area contributed by atoms with Crippen molar-refractivity contribution in [2.24, 2.45) is 0 Å². The largest absolute Gasteiger partial charge is 0.486 e. The molecule has 3 rings (SSSR count). The van der Waals surface area contributed by atoms with Crippen molar-refractivity contribution in [2.45, 2.75) is 11.7 Å². The van der Waals surface area contributed by atoms with Gasteiger partial charge in [0.2, 0.25) is 11.0 Å². The number of hydrogen-bond donors (Lipinski definition) is 1. The summed E-state index contributed by atoms with van der Waals surface area (Å²) in [6, 6.07) is 9.77. The van der Waals surface area contributed by atoms with Crippen molar-refractivity contribution in [2.75, 3.05) is 45.3 Å². The Bertz CT molecular complexity index is 887. The third-order valence-electron chi connectivity index (χ3n) is 4.00. The van der Waals surface area contributed by atoms with E-state index in [0.717, 1.165) is 0 Å². The highest BCUT2D eigenvalue weighted by molar-refractivity contribution is 7.89. The van der Waals surface area contributed by atoms with Gasteiger partial charge in [0.25, 0.3) is 10.0 Å². The van der Waals surface area contributed by atoms with Crippen LogP contribution in [0.3, 0.4) is 0 Å². The Kier molecular flexibility index (Phi) is 6.68. The molecule has 0 radical (unpaired) electrons. The fourth-order valence-corrected chi connectivity index (χ4v) is 3.94. The van der Waals surface area contributed by atoms with E-state index in [1.807, 2.05) is 0 Å². The number of nitrogens with zero attached hydrogens (tertiary/aromatic N) is 1. The normalized spacial score (nSPS) is 15.3. The third-order valence-corrected chi connectivity index (χ3v) is 5.77. The average Bonchev–Trinajstić information content (AvgIpc) is 3.18. The molecule has 2 aromatic rings. The molecule has 9 nitrogen and oxygen atoms in total. The van der Waals surface area contributed by atoms with E-state index < -0.39 is 10.0 Å². The van der Waals surface area contributed by atoms with Gasteiger partial charge in [0.1, 0.15) is 24.7 Å². The van der Waals surface area contributed by atoms with Crippen LogP contribution in [0.1, 0.15) is 5.76 Å². The van der Waals surface area contributed by atoms with Gasteiger partial charge in [0.05, 0.1) is 13.2 Å². The van der Waals surface area contributed by atoms with Crippen LogP contribution in [0.25, 0.3) is 0 Å². The molecule has 0 aliphatic carbocycles. The topological polar surface area (TPSA) is 107 Å². The Morgan fingerprint density at radius 3 is 2.54 bits per heavy atom. The molecule has 152 valence electrons. The maximum atomic E-state index is 12.5. The quantitative estimate of drug-likeness (QED) is 0.702. The second-order valence-electron chi connectivity index (χ2n) is 6.03. The Morgan fingerprint density at radius 2 is 1.86 bits per heavy atom. The molecule has 1 aliphatic rings. The summed E-state index contributed by atoms with van der Waals surface area (Å²) < 4.78 is 47.4. The standard InChI is InChI=1S/C18H22N2O7S/c1-24-13-17(21)19-14-2-4-15(5-3-14)26-12-16-6-7-18(27-16)28(22,23)20-8-10-25-11-9-20/h2-7H,8-13H2,1H3,(H,19,21). The van der Waals surface area contributed by atoms with Crippen molar-refractivity contribution < 1.29 is 31.8 Å². The number of methoxy groups -OCH3 is 1. The lowest BCUT2D eigenvalue weighted by atomic mass is 10.3. The average molecular weight is 410 g/mol. The van der Waals surface area contributed by atoms with Crippen LogP contribution in [0.15, 0.2) is 45.9 Å². The predicted molar refractivity (Wildman–Crippen MR) is 99.6 cm³/mol. The Labute approximate surface area is 163 Å². The van der Waals surface area contributed by atoms with Gasteiger partial charge in [-0.3, -0.25) is 4.79 Å². The number of rotatable bonds is 8. The maximum absolute atomic E-state index is 12.5. The maximum Gasteiger partial charge on any atom is 0.276 e. The summed E-state index contributed by atoms with van der Waals surface area (Å²) >= 11 is 0. The van der Waals surface area contributed by atoms with Crippen molar-refractivity contribution in [1.82, 2.24) is 4.31 Å². The zero-order valence-electron chi connectivity index (χ0n) is 15.4. The summed E-state index contributed by atoms with van der Waals surface area (Å²) in [5.41, 5.74) is 0.617. The van der Waals surface area contributed by atoms with Gasteiger partial charge in [-0.25, -0.2) is 8.42 Å². The summed E-state index contributed by atoms with van der Waals surface area (Å²) in [6.45, 7) is 1.42. The summed E-state index contributed by atoms with van der Waals surface area (Å²) in [5, 5.41) is 2.57. The first-order valence-electron chi connectivity index (χ1n) is 8.67. The molecule has 0 saturated carbocycles. The number of benzene rings is 1. The first kappa shape index (κ1) is 20.3. The summed E-state index contributed by atoms with van der Waals surface area (Å²) in [7, 11) is -2.22. The number of ether oxygens (including phenoxy) is 3. The second-order valence-corrected chi connectivity index (χ2v) is 7.90. The van der Waals surface area contributed by atoms with E-state index in [2.05, 4.69) is 5.32 Å². The van der Waals surface area contributed by atoms with Gasteiger partial charge in [0.15, 0.2) is 0 Å². The van der Waals surface area contributed by atoms with Crippen molar-refractivity contribution in [3.8, 4) is 5.75 Å². The minimum absolute atomic E-state index is 0.0214. The van der Waals surface area contributed by atoms with Crippen LogP contribution >= 0.6 is 0 Å². The molecule has 10 heteroatoms. The lowest BCUT2D eigenvalue weighted by molar-refractivity contribution is -0.119. The Morgan fingerprint density at radius 1 is 1.14 bits per heavy atom. The summed E-state index contributed by atoms with van der Waals surface area (Å²) in [5.74, 6) is 0.698. The van der Waals surface area contributed by atoms with Gasteiger partial charge in [-0.05, 0) is 36.4 Å². The van der Waals surface area contributed by atoms with E-state index in [1.54, 1.807) is 30.3 Å². The molecule has 0 bridgehead atoms. The zero-order chi connectivity index (χ0) is 20.0. The second kappa shape index (κ2) is 9.20. The molecule has 1 N–H and O–H groups in total. The van der Waals surface area contributed by atoms with Crippen LogP contribution in [0, 0.1) is 0 Å². The molecule has 1 amide bonds. The molecule has 1 fully saturated rings. The summed E-state index contributed by atoms with van der Waals surface area (Å²) in [6.07, 6.45) is 0. The summed E-state index contributed by atoms with van der Waals surface area (Å²) in [4.78, 5) is 11.5. The van der Waals surface area contributed by atoms with Crippen LogP contribution in [-0.2, 0) is 30.9 Å². The fourth-order valence-electron chi connectivity index (χ4n) is 2.61. The van der Waals surface area contributed by atoms with Crippen LogP contribution in [0.4, 0.5) is 5.69 Å². The number of anilines is 1. The molecule has 0 spiro atoms. The molecule has 1 saturated heterocycles. The van der Waals surface area contributed by atoms with Crippen molar-refractivity contribution in [1.29, 1.82) is 0 Å². The highest BCUT2D eigenvalue weighted by Crippen LogP contribution is 2.22. The van der Waals surface area contributed by atoms with Crippen molar-refractivity contribution in [3.63, 3.8) is 0 Å². The molecular formula is C18H22N2O7S. The molecule has 28 heavy (non-hydrogen) atoms. The molecule has 1 aliphatic heterocycles.